The van der Waals surface area contributed by atoms with Crippen molar-refractivity contribution in [3.05, 3.63) is 0 Å². The molecule has 1 aliphatic heterocycles. The monoisotopic (exact) mass is 226 g/mol. The van der Waals surface area contributed by atoms with Gasteiger partial charge in [-0.3, -0.25) is 14.5 Å². The van der Waals surface area contributed by atoms with Crippen LogP contribution in [0.4, 0.5) is 0 Å². The van der Waals surface area contributed by atoms with E-state index in [2.05, 4.69) is 12.2 Å². The summed E-state index contributed by atoms with van der Waals surface area (Å²) in [5.74, 6) is 0.515. The molecule has 0 saturated carbocycles. The summed E-state index contributed by atoms with van der Waals surface area (Å²) >= 11 is 0. The van der Waals surface area contributed by atoms with E-state index in [0.29, 0.717) is 25.3 Å². The number of imide groups is 1. The SMILES string of the molecule is CCNCC(C)CN1C(=O)CC(C)CC1=O. The lowest BCUT2D eigenvalue weighted by Crippen LogP contribution is -2.46. The van der Waals surface area contributed by atoms with Crippen LogP contribution in [0, 0.1) is 11.8 Å². The Morgan fingerprint density at radius 3 is 2.44 bits per heavy atom. The molecule has 92 valence electrons. The zero-order valence-corrected chi connectivity index (χ0v) is 10.5. The predicted molar refractivity (Wildman–Crippen MR) is 62.8 cm³/mol. The molecule has 1 fully saturated rings. The minimum Gasteiger partial charge on any atom is -0.317 e. The van der Waals surface area contributed by atoms with Crippen LogP contribution in [0.3, 0.4) is 0 Å². The lowest BCUT2D eigenvalue weighted by molar-refractivity contribution is -0.150. The molecule has 16 heavy (non-hydrogen) atoms. The molecule has 0 radical (unpaired) electrons. The molecule has 1 N–H and O–H groups in total. The number of rotatable bonds is 5. The summed E-state index contributed by atoms with van der Waals surface area (Å²) in [5, 5.41) is 3.23. The van der Waals surface area contributed by atoms with Crippen molar-refractivity contribution in [3.8, 4) is 0 Å². The number of likely N-dealkylation sites (tertiary alicyclic amines) is 1. The third kappa shape index (κ3) is 3.59. The van der Waals surface area contributed by atoms with Crippen molar-refractivity contribution in [2.45, 2.75) is 33.6 Å². The third-order valence-corrected chi connectivity index (χ3v) is 2.89. The molecule has 4 heteroatoms. The second-order valence-electron chi connectivity index (χ2n) is 4.82. The topological polar surface area (TPSA) is 49.4 Å². The van der Waals surface area contributed by atoms with Gasteiger partial charge in [-0.25, -0.2) is 0 Å². The minimum absolute atomic E-state index is 0.00732. The first kappa shape index (κ1) is 13.2. The van der Waals surface area contributed by atoms with Gasteiger partial charge in [0.15, 0.2) is 0 Å². The largest absolute Gasteiger partial charge is 0.317 e. The molecule has 1 heterocycles. The highest BCUT2D eigenvalue weighted by Gasteiger charge is 2.30. The Morgan fingerprint density at radius 1 is 1.38 bits per heavy atom. The number of amides is 2. The molecule has 0 spiro atoms. The van der Waals surface area contributed by atoms with E-state index in [9.17, 15) is 9.59 Å². The summed E-state index contributed by atoms with van der Waals surface area (Å²) in [6, 6.07) is 0. The summed E-state index contributed by atoms with van der Waals surface area (Å²) in [5.41, 5.74) is 0. The number of hydrogen-bond acceptors (Lipinski definition) is 3. The quantitative estimate of drug-likeness (QED) is 0.712. The predicted octanol–water partition coefficient (Wildman–Crippen LogP) is 1.02. The van der Waals surface area contributed by atoms with Gasteiger partial charge in [-0.05, 0) is 24.9 Å². The zero-order chi connectivity index (χ0) is 12.1. The lowest BCUT2D eigenvalue weighted by Gasteiger charge is -2.30. The van der Waals surface area contributed by atoms with Gasteiger partial charge in [0, 0.05) is 19.4 Å². The van der Waals surface area contributed by atoms with E-state index < -0.39 is 0 Å². The number of hydrogen-bond donors (Lipinski definition) is 1. The van der Waals surface area contributed by atoms with Gasteiger partial charge in [0.1, 0.15) is 0 Å². The maximum atomic E-state index is 11.7. The fraction of sp³-hybridized carbons (Fsp3) is 0.833. The molecule has 0 aromatic carbocycles. The van der Waals surface area contributed by atoms with Crippen molar-refractivity contribution >= 4 is 11.8 Å². The van der Waals surface area contributed by atoms with E-state index in [1.807, 2.05) is 13.8 Å². The van der Waals surface area contributed by atoms with Crippen LogP contribution in [0.15, 0.2) is 0 Å². The standard InChI is InChI=1S/C12H22N2O2/c1-4-13-7-10(3)8-14-11(15)5-9(2)6-12(14)16/h9-10,13H,4-8H2,1-3H3. The Labute approximate surface area is 97.4 Å². The van der Waals surface area contributed by atoms with Crippen molar-refractivity contribution < 1.29 is 9.59 Å². The first-order valence-electron chi connectivity index (χ1n) is 6.08. The lowest BCUT2D eigenvalue weighted by atomic mass is 9.97. The van der Waals surface area contributed by atoms with Gasteiger partial charge in [-0.2, -0.15) is 0 Å². The Morgan fingerprint density at radius 2 is 1.94 bits per heavy atom. The summed E-state index contributed by atoms with van der Waals surface area (Å²) < 4.78 is 0. The van der Waals surface area contributed by atoms with Gasteiger partial charge < -0.3 is 5.32 Å². The molecule has 0 bridgehead atoms. The van der Waals surface area contributed by atoms with E-state index in [0.717, 1.165) is 13.1 Å². The highest BCUT2D eigenvalue weighted by atomic mass is 16.2. The van der Waals surface area contributed by atoms with E-state index >= 15 is 0 Å². The van der Waals surface area contributed by atoms with Crippen LogP contribution in [0.5, 0.6) is 0 Å². The highest BCUT2D eigenvalue weighted by molar-refractivity contribution is 5.97. The fourth-order valence-corrected chi connectivity index (χ4v) is 2.00. The summed E-state index contributed by atoms with van der Waals surface area (Å²) in [6.45, 7) is 8.38. The Kier molecular flexibility index (Phi) is 4.93. The van der Waals surface area contributed by atoms with Crippen LogP contribution in [0.1, 0.15) is 33.6 Å². The summed E-state index contributed by atoms with van der Waals surface area (Å²) in [6.07, 6.45) is 1.03. The van der Waals surface area contributed by atoms with Gasteiger partial charge in [0.2, 0.25) is 11.8 Å². The van der Waals surface area contributed by atoms with E-state index in [-0.39, 0.29) is 17.7 Å². The maximum Gasteiger partial charge on any atom is 0.229 e. The molecule has 1 atom stereocenters. The number of piperidine rings is 1. The molecule has 1 saturated heterocycles. The molecule has 0 aromatic rings. The summed E-state index contributed by atoms with van der Waals surface area (Å²) in [7, 11) is 0. The smallest absolute Gasteiger partial charge is 0.229 e. The van der Waals surface area contributed by atoms with Gasteiger partial charge in [-0.15, -0.1) is 0 Å². The molecule has 0 aliphatic carbocycles. The van der Waals surface area contributed by atoms with Gasteiger partial charge in [-0.1, -0.05) is 20.8 Å². The van der Waals surface area contributed by atoms with E-state index in [1.54, 1.807) is 0 Å². The van der Waals surface area contributed by atoms with Crippen molar-refractivity contribution in [1.82, 2.24) is 10.2 Å². The van der Waals surface area contributed by atoms with Crippen LogP contribution in [0.2, 0.25) is 0 Å². The van der Waals surface area contributed by atoms with Crippen molar-refractivity contribution in [1.29, 1.82) is 0 Å². The highest BCUT2D eigenvalue weighted by Crippen LogP contribution is 2.19. The Bertz CT molecular complexity index is 248. The molecular formula is C12H22N2O2. The normalized spacial score (nSPS) is 20.3. The zero-order valence-electron chi connectivity index (χ0n) is 10.5. The average Bonchev–Trinajstić information content (AvgIpc) is 2.20. The van der Waals surface area contributed by atoms with Gasteiger partial charge in [0.05, 0.1) is 0 Å². The van der Waals surface area contributed by atoms with Crippen LogP contribution >= 0.6 is 0 Å². The fourth-order valence-electron chi connectivity index (χ4n) is 2.00. The first-order chi connectivity index (χ1) is 7.54. The number of carbonyl (C=O) groups is 2. The van der Waals surface area contributed by atoms with E-state index in [1.165, 1.54) is 4.90 Å². The third-order valence-electron chi connectivity index (χ3n) is 2.89. The molecule has 1 unspecified atom stereocenters. The number of carbonyl (C=O) groups excluding carboxylic acids is 2. The van der Waals surface area contributed by atoms with Crippen molar-refractivity contribution in [2.24, 2.45) is 11.8 Å². The van der Waals surface area contributed by atoms with Crippen LogP contribution < -0.4 is 5.32 Å². The maximum absolute atomic E-state index is 11.7. The molecular weight excluding hydrogens is 204 g/mol. The van der Waals surface area contributed by atoms with Crippen LogP contribution in [0.25, 0.3) is 0 Å². The summed E-state index contributed by atoms with van der Waals surface area (Å²) in [4.78, 5) is 24.9. The van der Waals surface area contributed by atoms with Gasteiger partial charge >= 0.3 is 0 Å². The number of nitrogens with one attached hydrogen (secondary N) is 1. The van der Waals surface area contributed by atoms with E-state index in [4.69, 9.17) is 0 Å². The molecule has 0 aromatic heterocycles. The van der Waals surface area contributed by atoms with Crippen LogP contribution in [-0.4, -0.2) is 36.3 Å². The Hall–Kier alpha value is -0.900. The molecule has 1 rings (SSSR count). The van der Waals surface area contributed by atoms with Crippen LogP contribution in [-0.2, 0) is 9.59 Å². The Balaban J connectivity index is 2.46. The second-order valence-corrected chi connectivity index (χ2v) is 4.82. The average molecular weight is 226 g/mol. The molecule has 1 aliphatic rings. The van der Waals surface area contributed by atoms with Crippen molar-refractivity contribution in [2.75, 3.05) is 19.6 Å². The van der Waals surface area contributed by atoms with Gasteiger partial charge in [0.25, 0.3) is 0 Å². The number of nitrogens with zero attached hydrogens (tertiary/aromatic N) is 1. The first-order valence-corrected chi connectivity index (χ1v) is 6.08. The van der Waals surface area contributed by atoms with Crippen molar-refractivity contribution in [3.63, 3.8) is 0 Å². The second kappa shape index (κ2) is 5.99. The molecule has 4 nitrogen and oxygen atoms in total. The minimum atomic E-state index is -0.00732. The molecule has 2 amide bonds.